The van der Waals surface area contributed by atoms with E-state index in [9.17, 15) is 4.57 Å². The van der Waals surface area contributed by atoms with Crippen LogP contribution in [0.15, 0.2) is 35.5 Å². The Morgan fingerprint density at radius 2 is 2.00 bits per heavy atom. The Morgan fingerprint density at radius 1 is 1.39 bits per heavy atom. The molecule has 100 valence electrons. The van der Waals surface area contributed by atoms with Gasteiger partial charge in [0.05, 0.1) is 11.9 Å². The van der Waals surface area contributed by atoms with Crippen LogP contribution in [0.3, 0.4) is 0 Å². The van der Waals surface area contributed by atoms with Crippen molar-refractivity contribution in [1.29, 1.82) is 0 Å². The molecule has 6 heteroatoms. The minimum Gasteiger partial charge on any atom is -0.309 e. The lowest BCUT2D eigenvalue weighted by atomic mass is 10.2. The minimum atomic E-state index is -3.45. The van der Waals surface area contributed by atoms with Crippen molar-refractivity contribution in [3.63, 3.8) is 0 Å². The van der Waals surface area contributed by atoms with E-state index in [2.05, 4.69) is 5.16 Å². The zero-order chi connectivity index (χ0) is 13.6. The molecule has 0 aliphatic carbocycles. The lowest BCUT2D eigenvalue weighted by Crippen LogP contribution is -2.11. The van der Waals surface area contributed by atoms with Crippen LogP contribution in [-0.2, 0) is 13.7 Å². The Bertz CT molecular complexity index is 444. The summed E-state index contributed by atoms with van der Waals surface area (Å²) in [6.07, 6.45) is 0. The number of hydrogen-bond acceptors (Lipinski definition) is 4. The number of nitrogens with zero attached hydrogens (tertiary/aromatic N) is 1. The lowest BCUT2D eigenvalue weighted by molar-refractivity contribution is 0.200. The summed E-state index contributed by atoms with van der Waals surface area (Å²) in [7, 11) is -3.45. The molecule has 1 aromatic carbocycles. The molecule has 0 aromatic heterocycles. The van der Waals surface area contributed by atoms with Crippen molar-refractivity contribution in [2.75, 3.05) is 6.61 Å². The molecule has 0 aliphatic rings. The van der Waals surface area contributed by atoms with Gasteiger partial charge in [-0.1, -0.05) is 48.8 Å². The van der Waals surface area contributed by atoms with Crippen LogP contribution in [0.5, 0.6) is 0 Å². The fraction of sp³-hybridized carbons (Fsp3) is 0.417. The van der Waals surface area contributed by atoms with Gasteiger partial charge in [0.1, 0.15) is 5.17 Å². The molecule has 0 bridgehead atoms. The highest BCUT2D eigenvalue weighted by molar-refractivity contribution is 7.62. The van der Waals surface area contributed by atoms with Crippen molar-refractivity contribution >= 4 is 29.7 Å². The molecule has 0 radical (unpaired) electrons. The van der Waals surface area contributed by atoms with Crippen molar-refractivity contribution in [3.05, 3.63) is 30.3 Å². The summed E-state index contributed by atoms with van der Waals surface area (Å²) in [6, 6.07) is 8.72. The molecule has 1 aromatic rings. The molecular weight excluding hydrogens is 273 g/mol. The van der Waals surface area contributed by atoms with Crippen LogP contribution in [0, 0.1) is 5.92 Å². The number of hydrogen-bond donors (Lipinski definition) is 0. The Kier molecular flexibility index (Phi) is 5.86. The van der Waals surface area contributed by atoms with Crippen LogP contribution < -0.4 is 5.30 Å². The molecule has 0 N–H and O–H groups in total. The highest BCUT2D eigenvalue weighted by atomic mass is 35.5. The number of benzene rings is 1. The van der Waals surface area contributed by atoms with Gasteiger partial charge < -0.3 is 4.62 Å². The van der Waals surface area contributed by atoms with Gasteiger partial charge in [-0.05, 0) is 25.0 Å². The first kappa shape index (κ1) is 15.2. The van der Waals surface area contributed by atoms with Gasteiger partial charge in [0.2, 0.25) is 0 Å². The quantitative estimate of drug-likeness (QED) is 0.455. The monoisotopic (exact) mass is 289 g/mol. The average Bonchev–Trinajstić information content (AvgIpc) is 2.35. The summed E-state index contributed by atoms with van der Waals surface area (Å²) in [6.45, 7) is 5.79. The van der Waals surface area contributed by atoms with E-state index >= 15 is 0 Å². The lowest BCUT2D eigenvalue weighted by Gasteiger charge is -2.17. The van der Waals surface area contributed by atoms with Crippen LogP contribution in [0.1, 0.15) is 20.8 Å². The summed E-state index contributed by atoms with van der Waals surface area (Å²) < 4.78 is 23.0. The Labute approximate surface area is 112 Å². The summed E-state index contributed by atoms with van der Waals surface area (Å²) in [5.41, 5.74) is 0. The normalized spacial score (nSPS) is 15.5. The van der Waals surface area contributed by atoms with Crippen LogP contribution in [-0.4, -0.2) is 11.8 Å². The molecule has 0 saturated heterocycles. The van der Waals surface area contributed by atoms with Crippen molar-refractivity contribution in [1.82, 2.24) is 0 Å². The van der Waals surface area contributed by atoms with Gasteiger partial charge in [0, 0.05) is 0 Å². The Balaban J connectivity index is 2.94. The number of rotatable bonds is 6. The number of oxime groups is 1. The second kappa shape index (κ2) is 6.93. The molecule has 0 saturated carbocycles. The second-order valence-corrected chi connectivity index (χ2v) is 6.67. The SMILES string of the molecule is C/C(Cl)=N/OP(=O)(OCC(C)C)c1ccccc1. The van der Waals surface area contributed by atoms with E-state index in [1.807, 2.05) is 19.9 Å². The van der Waals surface area contributed by atoms with E-state index in [1.54, 1.807) is 31.2 Å². The fourth-order valence-electron chi connectivity index (χ4n) is 1.11. The maximum absolute atomic E-state index is 12.6. The van der Waals surface area contributed by atoms with Gasteiger partial charge in [-0.15, -0.1) is 0 Å². The average molecular weight is 290 g/mol. The first-order valence-corrected chi connectivity index (χ1v) is 7.55. The van der Waals surface area contributed by atoms with Gasteiger partial charge >= 0.3 is 7.60 Å². The largest absolute Gasteiger partial charge is 0.430 e. The molecule has 1 rings (SSSR count). The fourth-order valence-corrected chi connectivity index (χ4v) is 2.75. The third-order valence-electron chi connectivity index (χ3n) is 1.92. The summed E-state index contributed by atoms with van der Waals surface area (Å²) in [4.78, 5) is 0. The van der Waals surface area contributed by atoms with Gasteiger partial charge in [-0.3, -0.25) is 4.52 Å². The highest BCUT2D eigenvalue weighted by Gasteiger charge is 2.29. The van der Waals surface area contributed by atoms with Gasteiger partial charge in [0.15, 0.2) is 0 Å². The Morgan fingerprint density at radius 3 is 2.50 bits per heavy atom. The second-order valence-electron chi connectivity index (χ2n) is 4.19. The predicted molar refractivity (Wildman–Crippen MR) is 74.5 cm³/mol. The molecule has 1 unspecified atom stereocenters. The molecule has 0 fully saturated rings. The highest BCUT2D eigenvalue weighted by Crippen LogP contribution is 2.47. The van der Waals surface area contributed by atoms with Crippen molar-refractivity contribution in [2.45, 2.75) is 20.8 Å². The van der Waals surface area contributed by atoms with Crippen molar-refractivity contribution in [3.8, 4) is 0 Å². The smallest absolute Gasteiger partial charge is 0.309 e. The minimum absolute atomic E-state index is 0.166. The zero-order valence-corrected chi connectivity index (χ0v) is 12.3. The standard InChI is InChI=1S/C12H17ClNO3P/c1-10(2)9-16-18(15,17-14-11(3)13)12-7-5-4-6-8-12/h4-8,10H,9H2,1-3H3/b14-11-. The molecule has 0 aliphatic heterocycles. The van der Waals surface area contributed by atoms with Crippen LogP contribution in [0.25, 0.3) is 0 Å². The van der Waals surface area contributed by atoms with Gasteiger partial charge in [-0.25, -0.2) is 4.57 Å². The van der Waals surface area contributed by atoms with E-state index in [-0.39, 0.29) is 11.1 Å². The zero-order valence-electron chi connectivity index (χ0n) is 10.7. The molecule has 4 nitrogen and oxygen atoms in total. The van der Waals surface area contributed by atoms with Crippen molar-refractivity contribution < 1.29 is 13.7 Å². The van der Waals surface area contributed by atoms with E-state index < -0.39 is 7.60 Å². The van der Waals surface area contributed by atoms with Gasteiger partial charge in [-0.2, -0.15) is 0 Å². The molecule has 1 atom stereocenters. The van der Waals surface area contributed by atoms with Crippen LogP contribution in [0.2, 0.25) is 0 Å². The molecular formula is C12H17ClNO3P. The third-order valence-corrected chi connectivity index (χ3v) is 3.71. The first-order chi connectivity index (χ1) is 8.44. The summed E-state index contributed by atoms with van der Waals surface area (Å²) in [5, 5.41) is 4.18. The predicted octanol–water partition coefficient (Wildman–Crippen LogP) is 3.77. The van der Waals surface area contributed by atoms with E-state index in [1.165, 1.54) is 0 Å². The summed E-state index contributed by atoms with van der Waals surface area (Å²) in [5.74, 6) is 0.242. The maximum Gasteiger partial charge on any atom is 0.430 e. The molecule has 0 amide bonds. The van der Waals surface area contributed by atoms with E-state index in [4.69, 9.17) is 20.7 Å². The van der Waals surface area contributed by atoms with E-state index in [0.717, 1.165) is 0 Å². The van der Waals surface area contributed by atoms with Gasteiger partial charge in [0.25, 0.3) is 0 Å². The first-order valence-electron chi connectivity index (χ1n) is 5.63. The number of halogens is 1. The third kappa shape index (κ3) is 4.81. The van der Waals surface area contributed by atoms with Crippen LogP contribution in [0.4, 0.5) is 0 Å². The van der Waals surface area contributed by atoms with E-state index in [0.29, 0.717) is 11.9 Å². The summed E-state index contributed by atoms with van der Waals surface area (Å²) >= 11 is 5.58. The molecule has 0 heterocycles. The topological polar surface area (TPSA) is 47.9 Å². The molecule has 18 heavy (non-hydrogen) atoms. The maximum atomic E-state index is 12.6. The molecule has 0 spiro atoms. The van der Waals surface area contributed by atoms with Crippen LogP contribution >= 0.6 is 19.2 Å². The van der Waals surface area contributed by atoms with Crippen molar-refractivity contribution in [2.24, 2.45) is 11.1 Å². The Hall–Kier alpha value is -0.830.